The van der Waals surface area contributed by atoms with Crippen molar-refractivity contribution in [1.82, 2.24) is 10.2 Å². The zero-order valence-electron chi connectivity index (χ0n) is 13.0. The average Bonchev–Trinajstić information content (AvgIpc) is 3.23. The molecule has 2 atom stereocenters. The van der Waals surface area contributed by atoms with E-state index in [1.54, 1.807) is 7.11 Å². The maximum absolute atomic E-state index is 11.9. The molecule has 0 aliphatic heterocycles. The summed E-state index contributed by atoms with van der Waals surface area (Å²) in [5.41, 5.74) is 7.22. The summed E-state index contributed by atoms with van der Waals surface area (Å²) in [6.07, 6.45) is 2.20. The number of hydrogen-bond donors (Lipinski definition) is 2. The van der Waals surface area contributed by atoms with E-state index in [4.69, 9.17) is 10.5 Å². The van der Waals surface area contributed by atoms with E-state index in [-0.39, 0.29) is 18.0 Å². The number of nitrogens with two attached hydrogens (primary N) is 1. The lowest BCUT2D eigenvalue weighted by molar-refractivity contribution is -0.122. The van der Waals surface area contributed by atoms with Crippen LogP contribution in [-0.4, -0.2) is 43.6 Å². The largest absolute Gasteiger partial charge is 0.497 e. The minimum atomic E-state index is -0.0721. The Morgan fingerprint density at radius 3 is 2.52 bits per heavy atom. The fraction of sp³-hybridized carbons (Fsp3) is 0.562. The van der Waals surface area contributed by atoms with E-state index in [2.05, 4.69) is 5.32 Å². The number of rotatable bonds is 7. The van der Waals surface area contributed by atoms with Gasteiger partial charge in [-0.25, -0.2) is 0 Å². The van der Waals surface area contributed by atoms with Gasteiger partial charge >= 0.3 is 0 Å². The van der Waals surface area contributed by atoms with Crippen molar-refractivity contribution in [2.45, 2.75) is 37.9 Å². The van der Waals surface area contributed by atoms with Gasteiger partial charge in [-0.2, -0.15) is 0 Å². The SMILES string of the molecule is COc1ccc(C(C(C)N)N(C)CC(=O)NC2CC2)cc1. The Hall–Kier alpha value is -1.59. The molecule has 2 unspecified atom stereocenters. The number of likely N-dealkylation sites (N-methyl/N-ethyl adjacent to an activating group) is 1. The summed E-state index contributed by atoms with van der Waals surface area (Å²) in [6, 6.07) is 8.16. The van der Waals surface area contributed by atoms with Gasteiger partial charge < -0.3 is 15.8 Å². The number of carbonyl (C=O) groups is 1. The molecule has 0 radical (unpaired) electrons. The Labute approximate surface area is 126 Å². The van der Waals surface area contributed by atoms with Crippen LogP contribution >= 0.6 is 0 Å². The molecule has 2 rings (SSSR count). The Morgan fingerprint density at radius 1 is 1.43 bits per heavy atom. The topological polar surface area (TPSA) is 67.6 Å². The fourth-order valence-electron chi connectivity index (χ4n) is 2.59. The molecular weight excluding hydrogens is 266 g/mol. The van der Waals surface area contributed by atoms with E-state index in [0.29, 0.717) is 12.6 Å². The number of nitrogens with one attached hydrogen (secondary N) is 1. The first kappa shape index (κ1) is 15.8. The van der Waals surface area contributed by atoms with Crippen LogP contribution < -0.4 is 15.8 Å². The average molecular weight is 291 g/mol. The van der Waals surface area contributed by atoms with Crippen molar-refractivity contribution in [2.75, 3.05) is 20.7 Å². The highest BCUT2D eigenvalue weighted by Gasteiger charge is 2.26. The number of benzene rings is 1. The number of carbonyl (C=O) groups excluding carboxylic acids is 1. The van der Waals surface area contributed by atoms with Gasteiger partial charge in [0.2, 0.25) is 5.91 Å². The monoisotopic (exact) mass is 291 g/mol. The Morgan fingerprint density at radius 2 is 2.05 bits per heavy atom. The standard InChI is InChI=1S/C16H25N3O2/c1-11(17)16(12-4-8-14(21-3)9-5-12)19(2)10-15(20)18-13-6-7-13/h4-5,8-9,11,13,16H,6-7,10,17H2,1-3H3,(H,18,20). The number of amides is 1. The van der Waals surface area contributed by atoms with Crippen molar-refractivity contribution in [3.63, 3.8) is 0 Å². The van der Waals surface area contributed by atoms with Gasteiger partial charge in [-0.05, 0) is 44.5 Å². The van der Waals surface area contributed by atoms with E-state index >= 15 is 0 Å². The van der Waals surface area contributed by atoms with E-state index < -0.39 is 0 Å². The molecule has 1 aromatic rings. The third-order valence-electron chi connectivity index (χ3n) is 3.77. The van der Waals surface area contributed by atoms with Crippen LogP contribution in [0.15, 0.2) is 24.3 Å². The summed E-state index contributed by atoms with van der Waals surface area (Å²) in [4.78, 5) is 14.0. The molecule has 0 spiro atoms. The maximum Gasteiger partial charge on any atom is 0.234 e. The molecule has 116 valence electrons. The molecule has 1 aromatic carbocycles. The highest BCUT2D eigenvalue weighted by atomic mass is 16.5. The molecule has 0 aromatic heterocycles. The van der Waals surface area contributed by atoms with Crippen LogP contribution in [-0.2, 0) is 4.79 Å². The summed E-state index contributed by atoms with van der Waals surface area (Å²) >= 11 is 0. The third-order valence-corrected chi connectivity index (χ3v) is 3.77. The van der Waals surface area contributed by atoms with Gasteiger partial charge in [-0.15, -0.1) is 0 Å². The first-order valence-corrected chi connectivity index (χ1v) is 7.40. The first-order valence-electron chi connectivity index (χ1n) is 7.40. The summed E-state index contributed by atoms with van der Waals surface area (Å²) in [7, 11) is 3.58. The van der Waals surface area contributed by atoms with Crippen LogP contribution in [0.2, 0.25) is 0 Å². The number of nitrogens with zero attached hydrogens (tertiary/aromatic N) is 1. The molecular formula is C16H25N3O2. The lowest BCUT2D eigenvalue weighted by Gasteiger charge is -2.31. The Bertz CT molecular complexity index is 469. The van der Waals surface area contributed by atoms with E-state index in [1.807, 2.05) is 43.1 Å². The summed E-state index contributed by atoms with van der Waals surface area (Å²) in [5, 5.41) is 3.01. The van der Waals surface area contributed by atoms with Gasteiger partial charge in [-0.3, -0.25) is 9.69 Å². The second kappa shape index (κ2) is 6.91. The Balaban J connectivity index is 2.03. The van der Waals surface area contributed by atoms with Crippen molar-refractivity contribution in [3.05, 3.63) is 29.8 Å². The van der Waals surface area contributed by atoms with Gasteiger partial charge in [0.25, 0.3) is 0 Å². The van der Waals surface area contributed by atoms with Crippen LogP contribution in [0.3, 0.4) is 0 Å². The van der Waals surface area contributed by atoms with Crippen molar-refractivity contribution in [2.24, 2.45) is 5.73 Å². The molecule has 1 fully saturated rings. The molecule has 1 amide bonds. The van der Waals surface area contributed by atoms with Crippen LogP contribution in [0, 0.1) is 0 Å². The van der Waals surface area contributed by atoms with Gasteiger partial charge in [-0.1, -0.05) is 12.1 Å². The molecule has 1 aliphatic rings. The molecule has 3 N–H and O–H groups in total. The highest BCUT2D eigenvalue weighted by molar-refractivity contribution is 5.78. The van der Waals surface area contributed by atoms with Crippen molar-refractivity contribution in [1.29, 1.82) is 0 Å². The molecule has 5 nitrogen and oxygen atoms in total. The van der Waals surface area contributed by atoms with Gasteiger partial charge in [0.05, 0.1) is 13.7 Å². The Kier molecular flexibility index (Phi) is 5.20. The van der Waals surface area contributed by atoms with Crippen molar-refractivity contribution in [3.8, 4) is 5.75 Å². The fourth-order valence-corrected chi connectivity index (χ4v) is 2.59. The molecule has 0 bridgehead atoms. The predicted octanol–water partition coefficient (Wildman–Crippen LogP) is 1.29. The minimum Gasteiger partial charge on any atom is -0.497 e. The maximum atomic E-state index is 11.9. The molecule has 21 heavy (non-hydrogen) atoms. The minimum absolute atomic E-state index is 0.000796. The van der Waals surface area contributed by atoms with E-state index in [1.165, 1.54) is 0 Å². The second-order valence-electron chi connectivity index (χ2n) is 5.83. The lowest BCUT2D eigenvalue weighted by atomic mass is 9.99. The van der Waals surface area contributed by atoms with E-state index in [9.17, 15) is 4.79 Å². The first-order chi connectivity index (χ1) is 10.0. The molecule has 1 saturated carbocycles. The molecule has 1 aliphatic carbocycles. The van der Waals surface area contributed by atoms with Crippen LogP contribution in [0.1, 0.15) is 31.4 Å². The number of methoxy groups -OCH3 is 1. The van der Waals surface area contributed by atoms with Crippen LogP contribution in [0.4, 0.5) is 0 Å². The van der Waals surface area contributed by atoms with E-state index in [0.717, 1.165) is 24.2 Å². The van der Waals surface area contributed by atoms with Gasteiger partial charge in [0, 0.05) is 18.1 Å². The van der Waals surface area contributed by atoms with Gasteiger partial charge in [0.15, 0.2) is 0 Å². The molecule has 0 heterocycles. The van der Waals surface area contributed by atoms with Gasteiger partial charge in [0.1, 0.15) is 5.75 Å². The summed E-state index contributed by atoms with van der Waals surface area (Å²) in [6.45, 7) is 2.32. The quantitative estimate of drug-likeness (QED) is 0.794. The van der Waals surface area contributed by atoms with Crippen LogP contribution in [0.25, 0.3) is 0 Å². The zero-order chi connectivity index (χ0) is 15.4. The predicted molar refractivity (Wildman–Crippen MR) is 83.2 cm³/mol. The van der Waals surface area contributed by atoms with Crippen molar-refractivity contribution >= 4 is 5.91 Å². The molecule has 0 saturated heterocycles. The third kappa shape index (κ3) is 4.44. The number of hydrogen-bond acceptors (Lipinski definition) is 4. The van der Waals surface area contributed by atoms with Crippen molar-refractivity contribution < 1.29 is 9.53 Å². The summed E-state index contributed by atoms with van der Waals surface area (Å²) < 4.78 is 5.18. The van der Waals surface area contributed by atoms with Crippen LogP contribution in [0.5, 0.6) is 5.75 Å². The summed E-state index contributed by atoms with van der Waals surface area (Å²) in [5.74, 6) is 0.885. The number of ether oxygens (including phenoxy) is 1. The smallest absolute Gasteiger partial charge is 0.234 e. The normalized spacial score (nSPS) is 17.4. The highest BCUT2D eigenvalue weighted by Crippen LogP contribution is 2.24. The molecule has 5 heteroatoms. The lowest BCUT2D eigenvalue weighted by Crippen LogP contribution is -2.43. The second-order valence-corrected chi connectivity index (χ2v) is 5.83. The zero-order valence-corrected chi connectivity index (χ0v) is 13.0.